The SMILES string of the molecule is O=C(O)CCCC=CC[C@@H]1[C@H](CCCCSC2CCCCC2)[C@@H]2CC[C@H]1O2. The van der Waals surface area contributed by atoms with Crippen LogP contribution in [-0.2, 0) is 9.53 Å². The highest BCUT2D eigenvalue weighted by atomic mass is 32.2. The van der Waals surface area contributed by atoms with E-state index in [1.54, 1.807) is 0 Å². The van der Waals surface area contributed by atoms with E-state index in [4.69, 9.17) is 9.84 Å². The van der Waals surface area contributed by atoms with Crippen molar-refractivity contribution in [1.29, 1.82) is 0 Å². The lowest BCUT2D eigenvalue weighted by atomic mass is 9.75. The minimum Gasteiger partial charge on any atom is -0.481 e. The molecule has 3 fully saturated rings. The van der Waals surface area contributed by atoms with Crippen molar-refractivity contribution in [1.82, 2.24) is 0 Å². The van der Waals surface area contributed by atoms with Gasteiger partial charge in [0.1, 0.15) is 0 Å². The second kappa shape index (κ2) is 11.5. The number of allylic oxidation sites excluding steroid dienone is 2. The van der Waals surface area contributed by atoms with E-state index in [0.29, 0.717) is 18.1 Å². The summed E-state index contributed by atoms with van der Waals surface area (Å²) in [5, 5.41) is 9.65. The van der Waals surface area contributed by atoms with Crippen LogP contribution in [0.15, 0.2) is 12.2 Å². The Morgan fingerprint density at radius 2 is 1.74 bits per heavy atom. The van der Waals surface area contributed by atoms with Crippen molar-refractivity contribution >= 4 is 17.7 Å². The number of fused-ring (bicyclic) bond motifs is 2. The third-order valence-corrected chi connectivity index (χ3v) is 8.23. The van der Waals surface area contributed by atoms with Crippen LogP contribution in [0, 0.1) is 11.8 Å². The highest BCUT2D eigenvalue weighted by molar-refractivity contribution is 7.99. The first-order chi connectivity index (χ1) is 13.2. The average molecular weight is 395 g/mol. The number of aliphatic carboxylic acids is 1. The first kappa shape index (κ1) is 21.2. The largest absolute Gasteiger partial charge is 0.481 e. The van der Waals surface area contributed by atoms with Gasteiger partial charge in [-0.3, -0.25) is 4.79 Å². The van der Waals surface area contributed by atoms with E-state index in [1.807, 2.05) is 0 Å². The van der Waals surface area contributed by atoms with Crippen LogP contribution in [0.25, 0.3) is 0 Å². The van der Waals surface area contributed by atoms with E-state index >= 15 is 0 Å². The van der Waals surface area contributed by atoms with Crippen LogP contribution in [0.1, 0.15) is 89.9 Å². The zero-order valence-corrected chi connectivity index (χ0v) is 17.6. The summed E-state index contributed by atoms with van der Waals surface area (Å²) in [5.41, 5.74) is 0. The van der Waals surface area contributed by atoms with Crippen LogP contribution < -0.4 is 0 Å². The van der Waals surface area contributed by atoms with E-state index in [9.17, 15) is 4.79 Å². The maximum atomic E-state index is 10.6. The summed E-state index contributed by atoms with van der Waals surface area (Å²) in [6.07, 6.45) is 22.4. The second-order valence-electron chi connectivity index (χ2n) is 8.74. The van der Waals surface area contributed by atoms with Crippen LogP contribution >= 0.6 is 11.8 Å². The third kappa shape index (κ3) is 6.81. The predicted octanol–water partition coefficient (Wildman–Crippen LogP) is 6.22. The molecule has 0 amide bonds. The smallest absolute Gasteiger partial charge is 0.303 e. The highest BCUT2D eigenvalue weighted by Crippen LogP contribution is 2.47. The van der Waals surface area contributed by atoms with Gasteiger partial charge in [-0.15, -0.1) is 0 Å². The summed E-state index contributed by atoms with van der Waals surface area (Å²) in [6, 6.07) is 0. The molecule has 3 nitrogen and oxygen atoms in total. The fourth-order valence-corrected chi connectivity index (χ4v) is 6.67. The van der Waals surface area contributed by atoms with Crippen LogP contribution in [0.3, 0.4) is 0 Å². The number of hydrogen-bond acceptors (Lipinski definition) is 3. The van der Waals surface area contributed by atoms with Crippen LogP contribution in [0.4, 0.5) is 0 Å². The number of carboxylic acids is 1. The molecule has 1 N–H and O–H groups in total. The average Bonchev–Trinajstić information content (AvgIpc) is 3.27. The van der Waals surface area contributed by atoms with Gasteiger partial charge in [0, 0.05) is 11.7 Å². The van der Waals surface area contributed by atoms with Crippen molar-refractivity contribution in [3.63, 3.8) is 0 Å². The standard InChI is InChI=1S/C23H38O3S/c24-23(25)14-7-2-1-6-12-19-20(22-16-15-21(19)26-22)13-8-9-17-27-18-10-4-3-5-11-18/h1,6,18-22H,2-5,7-17H2,(H,24,25)/t19-,20+,21-,22+/m1/s1. The van der Waals surface area contributed by atoms with E-state index in [-0.39, 0.29) is 6.42 Å². The number of carboxylic acid groups (broad SMARTS) is 1. The number of rotatable bonds is 12. The normalized spacial score (nSPS) is 31.1. The minimum atomic E-state index is -0.688. The Morgan fingerprint density at radius 3 is 2.52 bits per heavy atom. The van der Waals surface area contributed by atoms with Gasteiger partial charge < -0.3 is 9.84 Å². The quantitative estimate of drug-likeness (QED) is 0.315. The summed E-state index contributed by atoms with van der Waals surface area (Å²) in [6.45, 7) is 0. The summed E-state index contributed by atoms with van der Waals surface area (Å²) < 4.78 is 6.24. The predicted molar refractivity (Wildman–Crippen MR) is 113 cm³/mol. The highest BCUT2D eigenvalue weighted by Gasteiger charge is 2.47. The lowest BCUT2D eigenvalue weighted by Crippen LogP contribution is -2.26. The second-order valence-corrected chi connectivity index (χ2v) is 10.1. The number of unbranched alkanes of at least 4 members (excludes halogenated alkanes) is 2. The topological polar surface area (TPSA) is 46.5 Å². The number of carbonyl (C=O) groups is 1. The first-order valence-electron chi connectivity index (χ1n) is 11.4. The molecular weight excluding hydrogens is 356 g/mol. The fourth-order valence-electron chi connectivity index (χ4n) is 5.30. The molecule has 4 atom stereocenters. The Balaban J connectivity index is 1.31. The zero-order chi connectivity index (χ0) is 18.9. The molecule has 3 aliphatic rings. The molecule has 1 saturated carbocycles. The molecule has 2 heterocycles. The van der Waals surface area contributed by atoms with Gasteiger partial charge in [-0.05, 0) is 75.4 Å². The number of ether oxygens (including phenoxy) is 1. The molecular formula is C23H38O3S. The van der Waals surface area contributed by atoms with Crippen molar-refractivity contribution < 1.29 is 14.6 Å². The molecule has 154 valence electrons. The Hall–Kier alpha value is -0.480. The number of thioether (sulfide) groups is 1. The van der Waals surface area contributed by atoms with Gasteiger partial charge in [0.25, 0.3) is 0 Å². The summed E-state index contributed by atoms with van der Waals surface area (Å²) in [4.78, 5) is 10.6. The Kier molecular flexibility index (Phi) is 9.05. The lowest BCUT2D eigenvalue weighted by Gasteiger charge is -2.27. The molecule has 2 bridgehead atoms. The lowest BCUT2D eigenvalue weighted by molar-refractivity contribution is -0.137. The molecule has 3 rings (SSSR count). The van der Waals surface area contributed by atoms with E-state index in [0.717, 1.165) is 30.4 Å². The molecule has 4 heteroatoms. The van der Waals surface area contributed by atoms with E-state index in [2.05, 4.69) is 23.9 Å². The molecule has 0 radical (unpaired) electrons. The minimum absolute atomic E-state index is 0.281. The van der Waals surface area contributed by atoms with E-state index < -0.39 is 5.97 Å². The van der Waals surface area contributed by atoms with Gasteiger partial charge in [0.2, 0.25) is 0 Å². The molecule has 2 saturated heterocycles. The van der Waals surface area contributed by atoms with Crippen LogP contribution in [0.2, 0.25) is 0 Å². The van der Waals surface area contributed by atoms with Gasteiger partial charge in [-0.1, -0.05) is 37.8 Å². The first-order valence-corrected chi connectivity index (χ1v) is 12.4. The molecule has 1 aliphatic carbocycles. The molecule has 0 aromatic rings. The third-order valence-electron chi connectivity index (χ3n) is 6.76. The maximum absolute atomic E-state index is 10.6. The monoisotopic (exact) mass is 394 g/mol. The van der Waals surface area contributed by atoms with Crippen molar-refractivity contribution in [2.45, 2.75) is 107 Å². The molecule has 0 spiro atoms. The maximum Gasteiger partial charge on any atom is 0.303 e. The molecule has 2 aliphatic heterocycles. The molecule has 0 unspecified atom stereocenters. The van der Waals surface area contributed by atoms with Crippen molar-refractivity contribution in [2.75, 3.05) is 5.75 Å². The summed E-state index contributed by atoms with van der Waals surface area (Å²) in [5.74, 6) is 2.12. The Labute approximate surface area is 169 Å². The fraction of sp³-hybridized carbons (Fsp3) is 0.870. The Bertz CT molecular complexity index is 472. The van der Waals surface area contributed by atoms with Gasteiger partial charge in [0.05, 0.1) is 12.2 Å². The molecule has 0 aromatic heterocycles. The van der Waals surface area contributed by atoms with Gasteiger partial charge in [-0.2, -0.15) is 11.8 Å². The van der Waals surface area contributed by atoms with Crippen molar-refractivity contribution in [3.05, 3.63) is 12.2 Å². The van der Waals surface area contributed by atoms with Gasteiger partial charge >= 0.3 is 5.97 Å². The van der Waals surface area contributed by atoms with Crippen LogP contribution in [-0.4, -0.2) is 34.3 Å². The van der Waals surface area contributed by atoms with Crippen LogP contribution in [0.5, 0.6) is 0 Å². The summed E-state index contributed by atoms with van der Waals surface area (Å²) in [7, 11) is 0. The van der Waals surface area contributed by atoms with Crippen molar-refractivity contribution in [2.24, 2.45) is 11.8 Å². The molecule has 0 aromatic carbocycles. The Morgan fingerprint density at radius 1 is 0.963 bits per heavy atom. The van der Waals surface area contributed by atoms with Gasteiger partial charge in [-0.25, -0.2) is 0 Å². The molecule has 27 heavy (non-hydrogen) atoms. The van der Waals surface area contributed by atoms with Crippen molar-refractivity contribution in [3.8, 4) is 0 Å². The summed E-state index contributed by atoms with van der Waals surface area (Å²) >= 11 is 2.24. The van der Waals surface area contributed by atoms with E-state index in [1.165, 1.54) is 70.0 Å². The number of hydrogen-bond donors (Lipinski definition) is 1. The van der Waals surface area contributed by atoms with Gasteiger partial charge in [0.15, 0.2) is 0 Å². The zero-order valence-electron chi connectivity index (χ0n) is 16.8.